The Labute approximate surface area is 184 Å². The molecular formula is C22H18Cl3NO3. The molecule has 0 radical (unpaired) electrons. The molecule has 1 N–H and O–H groups in total. The van der Waals surface area contributed by atoms with E-state index >= 15 is 0 Å². The predicted octanol–water partition coefficient (Wildman–Crippen LogP) is 6.80. The summed E-state index contributed by atoms with van der Waals surface area (Å²) in [7, 11) is 1.57. The maximum absolute atomic E-state index is 12.7. The number of halogens is 3. The van der Waals surface area contributed by atoms with E-state index in [1.165, 1.54) is 0 Å². The molecule has 0 fully saturated rings. The fourth-order valence-electron chi connectivity index (χ4n) is 2.73. The Bertz CT molecular complexity index is 1030. The van der Waals surface area contributed by atoms with Gasteiger partial charge >= 0.3 is 0 Å². The second-order valence-corrected chi connectivity index (χ2v) is 7.62. The molecule has 0 saturated carbocycles. The molecule has 7 heteroatoms. The van der Waals surface area contributed by atoms with Crippen molar-refractivity contribution in [2.24, 2.45) is 0 Å². The average molecular weight is 451 g/mol. The van der Waals surface area contributed by atoms with Gasteiger partial charge in [0.1, 0.15) is 18.1 Å². The normalized spacial score (nSPS) is 10.5. The minimum Gasteiger partial charge on any atom is -0.496 e. The van der Waals surface area contributed by atoms with Crippen molar-refractivity contribution in [2.75, 3.05) is 12.4 Å². The van der Waals surface area contributed by atoms with E-state index in [-0.39, 0.29) is 12.5 Å². The summed E-state index contributed by atoms with van der Waals surface area (Å²) in [6.45, 7) is 2.14. The van der Waals surface area contributed by atoms with Gasteiger partial charge in [-0.2, -0.15) is 0 Å². The molecule has 3 rings (SSSR count). The third-order valence-electron chi connectivity index (χ3n) is 4.19. The van der Waals surface area contributed by atoms with E-state index in [2.05, 4.69) is 5.32 Å². The summed E-state index contributed by atoms with van der Waals surface area (Å²) in [5, 5.41) is 4.34. The maximum Gasteiger partial charge on any atom is 0.255 e. The van der Waals surface area contributed by atoms with Crippen molar-refractivity contribution < 1.29 is 14.3 Å². The Morgan fingerprint density at radius 2 is 1.69 bits per heavy atom. The fraction of sp³-hybridized carbons (Fsp3) is 0.136. The molecule has 3 aromatic rings. The second-order valence-electron chi connectivity index (χ2n) is 6.34. The molecule has 1 amide bonds. The van der Waals surface area contributed by atoms with Crippen molar-refractivity contribution in [3.05, 3.63) is 86.4 Å². The van der Waals surface area contributed by atoms with Crippen molar-refractivity contribution in [1.82, 2.24) is 0 Å². The van der Waals surface area contributed by atoms with Gasteiger partial charge in [-0.05, 0) is 67.1 Å². The molecule has 0 saturated heterocycles. The zero-order valence-corrected chi connectivity index (χ0v) is 18.0. The summed E-state index contributed by atoms with van der Waals surface area (Å²) < 4.78 is 11.2. The van der Waals surface area contributed by atoms with Gasteiger partial charge in [-0.25, -0.2) is 0 Å². The molecule has 3 aromatic carbocycles. The fourth-order valence-corrected chi connectivity index (χ4v) is 3.37. The average Bonchev–Trinajstić information content (AvgIpc) is 2.67. The number of carbonyl (C=O) groups excluding carboxylic acids is 1. The van der Waals surface area contributed by atoms with Crippen molar-refractivity contribution >= 4 is 46.4 Å². The van der Waals surface area contributed by atoms with Gasteiger partial charge in [0, 0.05) is 31.9 Å². The summed E-state index contributed by atoms with van der Waals surface area (Å²) in [6, 6.07) is 15.4. The van der Waals surface area contributed by atoms with E-state index in [0.29, 0.717) is 37.8 Å². The van der Waals surface area contributed by atoms with Crippen LogP contribution in [0.3, 0.4) is 0 Å². The van der Waals surface area contributed by atoms with Crippen molar-refractivity contribution in [1.29, 1.82) is 0 Å². The molecule has 0 heterocycles. The Kier molecular flexibility index (Phi) is 6.91. The summed E-state index contributed by atoms with van der Waals surface area (Å²) in [5.74, 6) is 1.00. The van der Waals surface area contributed by atoms with Gasteiger partial charge < -0.3 is 14.8 Å². The van der Waals surface area contributed by atoms with Gasteiger partial charge in [-0.1, -0.05) is 34.8 Å². The lowest BCUT2D eigenvalue weighted by atomic mass is 10.1. The van der Waals surface area contributed by atoms with Crippen molar-refractivity contribution in [3.8, 4) is 11.5 Å². The molecule has 0 aliphatic rings. The number of amides is 1. The van der Waals surface area contributed by atoms with Gasteiger partial charge in [-0.3, -0.25) is 4.79 Å². The van der Waals surface area contributed by atoms with Gasteiger partial charge in [0.25, 0.3) is 5.91 Å². The largest absolute Gasteiger partial charge is 0.496 e. The van der Waals surface area contributed by atoms with Crippen LogP contribution in [0.2, 0.25) is 15.1 Å². The van der Waals surface area contributed by atoms with Crippen LogP contribution in [-0.4, -0.2) is 13.0 Å². The topological polar surface area (TPSA) is 47.6 Å². The first-order valence-corrected chi connectivity index (χ1v) is 9.82. The van der Waals surface area contributed by atoms with Crippen LogP contribution in [-0.2, 0) is 6.61 Å². The molecule has 0 aliphatic carbocycles. The van der Waals surface area contributed by atoms with Crippen LogP contribution in [0.25, 0.3) is 0 Å². The first-order chi connectivity index (χ1) is 13.9. The lowest BCUT2D eigenvalue weighted by molar-refractivity contribution is 0.102. The van der Waals surface area contributed by atoms with Crippen LogP contribution in [0.1, 0.15) is 21.5 Å². The highest BCUT2D eigenvalue weighted by molar-refractivity contribution is 6.35. The second kappa shape index (κ2) is 9.40. The molecule has 0 unspecified atom stereocenters. The highest BCUT2D eigenvalue weighted by Gasteiger charge is 2.12. The number of rotatable bonds is 6. The van der Waals surface area contributed by atoms with E-state index in [4.69, 9.17) is 44.3 Å². The maximum atomic E-state index is 12.7. The summed E-state index contributed by atoms with van der Waals surface area (Å²) >= 11 is 18.0. The first kappa shape index (κ1) is 21.3. The highest BCUT2D eigenvalue weighted by atomic mass is 35.5. The van der Waals surface area contributed by atoms with E-state index in [1.54, 1.807) is 55.6 Å². The number of methoxy groups -OCH3 is 1. The number of anilines is 1. The van der Waals surface area contributed by atoms with Crippen LogP contribution in [0.4, 0.5) is 5.69 Å². The zero-order chi connectivity index (χ0) is 21.0. The van der Waals surface area contributed by atoms with Crippen molar-refractivity contribution in [2.45, 2.75) is 13.5 Å². The lowest BCUT2D eigenvalue weighted by Gasteiger charge is -2.13. The third kappa shape index (κ3) is 5.57. The summed E-state index contributed by atoms with van der Waals surface area (Å²) in [5.41, 5.74) is 2.62. The lowest BCUT2D eigenvalue weighted by Crippen LogP contribution is -2.13. The molecule has 0 aliphatic heterocycles. The molecule has 150 valence electrons. The molecule has 4 nitrogen and oxygen atoms in total. The van der Waals surface area contributed by atoms with E-state index in [1.807, 2.05) is 13.0 Å². The highest BCUT2D eigenvalue weighted by Crippen LogP contribution is 2.26. The minimum absolute atomic E-state index is 0.231. The number of carbonyl (C=O) groups is 1. The Hall–Kier alpha value is -2.40. The molecule has 0 aromatic heterocycles. The van der Waals surface area contributed by atoms with Crippen molar-refractivity contribution in [3.63, 3.8) is 0 Å². The third-order valence-corrected chi connectivity index (χ3v) is 5.05. The van der Waals surface area contributed by atoms with E-state index in [0.717, 1.165) is 11.1 Å². The molecule has 0 bridgehead atoms. The molecule has 29 heavy (non-hydrogen) atoms. The number of hydrogen-bond donors (Lipinski definition) is 1. The van der Waals surface area contributed by atoms with Gasteiger partial charge in [0.2, 0.25) is 0 Å². The Balaban J connectivity index is 1.78. The smallest absolute Gasteiger partial charge is 0.255 e. The van der Waals surface area contributed by atoms with Crippen LogP contribution >= 0.6 is 34.8 Å². The number of hydrogen-bond acceptors (Lipinski definition) is 3. The SMILES string of the molecule is COc1ccc(C(=O)Nc2cc(Cl)cc(Cl)c2)cc1COc1ccc(Cl)c(C)c1. The minimum atomic E-state index is -0.297. The van der Waals surface area contributed by atoms with E-state index in [9.17, 15) is 4.79 Å². The Morgan fingerprint density at radius 1 is 0.966 bits per heavy atom. The standard InChI is InChI=1S/C22H18Cl3NO3/c1-13-7-19(4-5-20(13)25)29-12-15-8-14(3-6-21(15)28-2)22(27)26-18-10-16(23)9-17(24)11-18/h3-11H,12H2,1-2H3,(H,26,27). The molecule has 0 spiro atoms. The first-order valence-electron chi connectivity index (χ1n) is 8.69. The zero-order valence-electron chi connectivity index (χ0n) is 15.8. The Morgan fingerprint density at radius 3 is 2.34 bits per heavy atom. The van der Waals surface area contributed by atoms with Crippen LogP contribution in [0.15, 0.2) is 54.6 Å². The van der Waals surface area contributed by atoms with Gasteiger partial charge in [-0.15, -0.1) is 0 Å². The summed E-state index contributed by atoms with van der Waals surface area (Å²) in [6.07, 6.45) is 0. The van der Waals surface area contributed by atoms with Crippen LogP contribution in [0.5, 0.6) is 11.5 Å². The monoisotopic (exact) mass is 449 g/mol. The van der Waals surface area contributed by atoms with Gasteiger partial charge in [0.15, 0.2) is 0 Å². The van der Waals surface area contributed by atoms with E-state index < -0.39 is 0 Å². The number of aryl methyl sites for hydroxylation is 1. The number of nitrogens with one attached hydrogen (secondary N) is 1. The van der Waals surface area contributed by atoms with Crippen LogP contribution in [0, 0.1) is 6.92 Å². The van der Waals surface area contributed by atoms with Crippen LogP contribution < -0.4 is 14.8 Å². The predicted molar refractivity (Wildman–Crippen MR) is 118 cm³/mol. The number of ether oxygens (including phenoxy) is 2. The van der Waals surface area contributed by atoms with Gasteiger partial charge in [0.05, 0.1) is 7.11 Å². The summed E-state index contributed by atoms with van der Waals surface area (Å²) in [4.78, 5) is 12.7. The molecule has 0 atom stereocenters. The quantitative estimate of drug-likeness (QED) is 0.449. The number of benzene rings is 3. The molecular weight excluding hydrogens is 433 g/mol.